The first-order valence-corrected chi connectivity index (χ1v) is 9.36. The molecule has 4 rings (SSSR count). The molecule has 1 fully saturated rings. The summed E-state index contributed by atoms with van der Waals surface area (Å²) in [5, 5.41) is 0. The zero-order valence-corrected chi connectivity index (χ0v) is 15.3. The van der Waals surface area contributed by atoms with E-state index in [0.29, 0.717) is 29.2 Å². The van der Waals surface area contributed by atoms with Crippen LogP contribution in [0.25, 0.3) is 0 Å². The zero-order valence-electron chi connectivity index (χ0n) is 15.3. The minimum atomic E-state index is -0.625. The molecule has 1 aliphatic heterocycles. The molecule has 27 heavy (non-hydrogen) atoms. The molecule has 0 amide bonds. The third-order valence-electron chi connectivity index (χ3n) is 5.49. The fourth-order valence-electron chi connectivity index (χ4n) is 3.90. The summed E-state index contributed by atoms with van der Waals surface area (Å²) >= 11 is 0. The van der Waals surface area contributed by atoms with Crippen molar-refractivity contribution in [2.24, 2.45) is 0 Å². The van der Waals surface area contributed by atoms with Crippen LogP contribution in [0.3, 0.4) is 0 Å². The van der Waals surface area contributed by atoms with Crippen LogP contribution in [0.5, 0.6) is 0 Å². The molecular formula is C20H22F2N4O. The van der Waals surface area contributed by atoms with E-state index in [-0.39, 0.29) is 18.1 Å². The Kier molecular flexibility index (Phi) is 4.86. The molecule has 142 valence electrons. The number of benzene rings is 1. The van der Waals surface area contributed by atoms with Gasteiger partial charge in [0.1, 0.15) is 11.6 Å². The zero-order chi connectivity index (χ0) is 19.0. The van der Waals surface area contributed by atoms with Crippen LogP contribution >= 0.6 is 0 Å². The second-order valence-electron chi connectivity index (χ2n) is 7.18. The van der Waals surface area contributed by atoms with Crippen molar-refractivity contribution in [2.75, 3.05) is 37.6 Å². The van der Waals surface area contributed by atoms with Gasteiger partial charge in [0.25, 0.3) is 0 Å². The van der Waals surface area contributed by atoms with Gasteiger partial charge in [0.05, 0.1) is 11.3 Å². The van der Waals surface area contributed by atoms with E-state index in [1.165, 1.54) is 12.1 Å². The van der Waals surface area contributed by atoms with Crippen molar-refractivity contribution in [3.05, 3.63) is 52.9 Å². The van der Waals surface area contributed by atoms with Crippen molar-refractivity contribution in [3.8, 4) is 0 Å². The highest BCUT2D eigenvalue weighted by atomic mass is 19.1. The van der Waals surface area contributed by atoms with Gasteiger partial charge in [0.15, 0.2) is 5.78 Å². The first kappa shape index (κ1) is 18.0. The molecular weight excluding hydrogens is 350 g/mol. The molecule has 1 aromatic heterocycles. The third kappa shape index (κ3) is 3.69. The average molecular weight is 372 g/mol. The molecule has 0 spiro atoms. The first-order valence-electron chi connectivity index (χ1n) is 9.36. The van der Waals surface area contributed by atoms with E-state index >= 15 is 0 Å². The standard InChI is InChI=1S/C20H22F2N4O/c1-2-25-3-5-26(6-4-25)20-23-12-17-18(24-20)9-14(10-19(17)27)13-7-15(21)11-16(22)8-13/h7-8,11-12,14H,2-6,9-10H2,1H3/t14-/m1/s1. The lowest BCUT2D eigenvalue weighted by Crippen LogP contribution is -2.46. The van der Waals surface area contributed by atoms with Gasteiger partial charge in [-0.15, -0.1) is 0 Å². The maximum absolute atomic E-state index is 13.6. The number of aromatic nitrogens is 2. The van der Waals surface area contributed by atoms with Crippen molar-refractivity contribution in [3.63, 3.8) is 0 Å². The fraction of sp³-hybridized carbons (Fsp3) is 0.450. The number of ketones is 1. The summed E-state index contributed by atoms with van der Waals surface area (Å²) in [5.41, 5.74) is 1.70. The molecule has 0 radical (unpaired) electrons. The molecule has 0 N–H and O–H groups in total. The number of rotatable bonds is 3. The number of carbonyl (C=O) groups is 1. The van der Waals surface area contributed by atoms with Crippen molar-refractivity contribution < 1.29 is 13.6 Å². The molecule has 0 bridgehead atoms. The van der Waals surface area contributed by atoms with E-state index in [2.05, 4.69) is 26.7 Å². The summed E-state index contributed by atoms with van der Waals surface area (Å²) in [6, 6.07) is 3.45. The second-order valence-corrected chi connectivity index (χ2v) is 7.18. The molecule has 7 heteroatoms. The van der Waals surface area contributed by atoms with Gasteiger partial charge in [-0.05, 0) is 36.6 Å². The van der Waals surface area contributed by atoms with E-state index in [9.17, 15) is 13.6 Å². The van der Waals surface area contributed by atoms with Crippen molar-refractivity contribution in [1.82, 2.24) is 14.9 Å². The summed E-state index contributed by atoms with van der Waals surface area (Å²) in [6.45, 7) is 6.78. The fourth-order valence-corrected chi connectivity index (χ4v) is 3.90. The Bertz CT molecular complexity index is 845. The van der Waals surface area contributed by atoms with Gasteiger partial charge in [-0.2, -0.15) is 0 Å². The third-order valence-corrected chi connectivity index (χ3v) is 5.49. The number of Topliss-reactive ketones (excluding diaryl/α,β-unsaturated/α-hetero) is 1. The van der Waals surface area contributed by atoms with E-state index in [0.717, 1.165) is 38.8 Å². The van der Waals surface area contributed by atoms with Gasteiger partial charge in [-0.1, -0.05) is 6.92 Å². The smallest absolute Gasteiger partial charge is 0.225 e. The van der Waals surface area contributed by atoms with E-state index in [1.54, 1.807) is 6.20 Å². The monoisotopic (exact) mass is 372 g/mol. The van der Waals surface area contributed by atoms with Gasteiger partial charge >= 0.3 is 0 Å². The van der Waals surface area contributed by atoms with Crippen LogP contribution in [-0.2, 0) is 6.42 Å². The number of halogens is 2. The SMILES string of the molecule is CCN1CCN(c2ncc3c(n2)C[C@@H](c2cc(F)cc(F)c2)CC3=O)CC1. The van der Waals surface area contributed by atoms with Crippen LogP contribution in [0.1, 0.15) is 40.9 Å². The number of likely N-dealkylation sites (N-methyl/N-ethyl adjacent to an activating group) is 1. The number of carbonyl (C=O) groups excluding carboxylic acids is 1. The predicted molar refractivity (Wildman–Crippen MR) is 98.1 cm³/mol. The van der Waals surface area contributed by atoms with Crippen LogP contribution in [-0.4, -0.2) is 53.4 Å². The van der Waals surface area contributed by atoms with E-state index < -0.39 is 11.6 Å². The summed E-state index contributed by atoms with van der Waals surface area (Å²) in [4.78, 5) is 26.1. The lowest BCUT2D eigenvalue weighted by Gasteiger charge is -2.34. The van der Waals surface area contributed by atoms with Crippen LogP contribution in [0.15, 0.2) is 24.4 Å². The Hall–Kier alpha value is -2.41. The Labute approximate surface area is 157 Å². The Morgan fingerprint density at radius 2 is 1.78 bits per heavy atom. The Balaban J connectivity index is 1.58. The van der Waals surface area contributed by atoms with Gasteiger partial charge in [-0.25, -0.2) is 18.7 Å². The summed E-state index contributed by atoms with van der Waals surface area (Å²) in [6.07, 6.45) is 2.30. The molecule has 2 aromatic rings. The maximum Gasteiger partial charge on any atom is 0.225 e. The summed E-state index contributed by atoms with van der Waals surface area (Å²) in [5.74, 6) is -0.965. The van der Waals surface area contributed by atoms with Gasteiger partial charge < -0.3 is 9.80 Å². The number of hydrogen-bond donors (Lipinski definition) is 0. The van der Waals surface area contributed by atoms with Crippen LogP contribution in [0.4, 0.5) is 14.7 Å². The van der Waals surface area contributed by atoms with E-state index in [4.69, 9.17) is 0 Å². The number of piperazine rings is 1. The molecule has 2 heterocycles. The van der Waals surface area contributed by atoms with Gasteiger partial charge in [0, 0.05) is 44.9 Å². The largest absolute Gasteiger partial charge is 0.338 e. The van der Waals surface area contributed by atoms with E-state index in [1.807, 2.05) is 0 Å². The average Bonchev–Trinajstić information content (AvgIpc) is 2.67. The van der Waals surface area contributed by atoms with Gasteiger partial charge in [-0.3, -0.25) is 4.79 Å². The Morgan fingerprint density at radius 3 is 2.44 bits per heavy atom. The molecule has 1 aromatic carbocycles. The normalized spacial score (nSPS) is 20.6. The van der Waals surface area contributed by atoms with Gasteiger partial charge in [0.2, 0.25) is 5.95 Å². The summed E-state index contributed by atoms with van der Waals surface area (Å²) < 4.78 is 27.2. The Morgan fingerprint density at radius 1 is 1.07 bits per heavy atom. The highest BCUT2D eigenvalue weighted by Crippen LogP contribution is 2.33. The van der Waals surface area contributed by atoms with Crippen LogP contribution < -0.4 is 4.90 Å². The summed E-state index contributed by atoms with van der Waals surface area (Å²) in [7, 11) is 0. The first-order chi connectivity index (χ1) is 13.0. The van der Waals surface area contributed by atoms with Crippen molar-refractivity contribution in [1.29, 1.82) is 0 Å². The van der Waals surface area contributed by atoms with Crippen molar-refractivity contribution in [2.45, 2.75) is 25.7 Å². The topological polar surface area (TPSA) is 49.3 Å². The minimum absolute atomic E-state index is 0.0757. The van der Waals surface area contributed by atoms with Crippen LogP contribution in [0.2, 0.25) is 0 Å². The molecule has 2 aliphatic rings. The predicted octanol–water partition coefficient (Wildman–Crippen LogP) is 2.81. The van der Waals surface area contributed by atoms with Crippen LogP contribution in [0, 0.1) is 11.6 Å². The molecule has 1 atom stereocenters. The van der Waals surface area contributed by atoms with Crippen molar-refractivity contribution >= 4 is 11.7 Å². The minimum Gasteiger partial charge on any atom is -0.338 e. The molecule has 5 nitrogen and oxygen atoms in total. The molecule has 0 unspecified atom stereocenters. The molecule has 1 aliphatic carbocycles. The number of hydrogen-bond acceptors (Lipinski definition) is 5. The number of fused-ring (bicyclic) bond motifs is 1. The quantitative estimate of drug-likeness (QED) is 0.829. The second kappa shape index (κ2) is 7.31. The number of nitrogens with zero attached hydrogens (tertiary/aromatic N) is 4. The highest BCUT2D eigenvalue weighted by Gasteiger charge is 2.29. The molecule has 0 saturated carbocycles. The lowest BCUT2D eigenvalue weighted by molar-refractivity contribution is 0.0962. The molecule has 1 saturated heterocycles. The lowest BCUT2D eigenvalue weighted by atomic mass is 9.82. The maximum atomic E-state index is 13.6. The number of anilines is 1. The highest BCUT2D eigenvalue weighted by molar-refractivity contribution is 5.98.